The van der Waals surface area contributed by atoms with Crippen LogP contribution in [-0.2, 0) is 4.79 Å². The van der Waals surface area contributed by atoms with Crippen LogP contribution in [0.25, 0.3) is 0 Å². The Morgan fingerprint density at radius 1 is 1.88 bits per heavy atom. The van der Waals surface area contributed by atoms with Gasteiger partial charge in [-0.2, -0.15) is 0 Å². The largest absolute Gasteiger partial charge is 0.255 e. The first-order valence-electron chi connectivity index (χ1n) is 2.20. The summed E-state index contributed by atoms with van der Waals surface area (Å²) >= 11 is 0. The van der Waals surface area contributed by atoms with Crippen LogP contribution in [0.4, 0.5) is 4.39 Å². The van der Waals surface area contributed by atoms with E-state index >= 15 is 0 Å². The molecule has 0 aliphatic heterocycles. The molecule has 0 saturated carbocycles. The van der Waals surface area contributed by atoms with Gasteiger partial charge in [0, 0.05) is 0 Å². The van der Waals surface area contributed by atoms with Crippen LogP contribution < -0.4 is 0 Å². The molecule has 0 rings (SSSR count). The van der Waals surface area contributed by atoms with Gasteiger partial charge < -0.3 is 0 Å². The summed E-state index contributed by atoms with van der Waals surface area (Å²) < 4.78 is 14.4. The zero-order chi connectivity index (χ0) is 6.24. The molecule has 0 N–H and O–H groups in total. The average molecular weight is 131 g/mol. The van der Waals surface area contributed by atoms with E-state index in [1.54, 1.807) is 0 Å². The molecule has 0 aromatic carbocycles. The van der Waals surface area contributed by atoms with Crippen molar-refractivity contribution < 1.29 is 9.18 Å². The molecular weight excluding hydrogens is 125 g/mol. The minimum absolute atomic E-state index is 0.466. The third-order valence-corrected chi connectivity index (χ3v) is 1.51. The monoisotopic (exact) mass is 131 g/mol. The smallest absolute Gasteiger partial charge is 0.224 e. The second kappa shape index (κ2) is 6.27. The number of rotatable bonds is 3. The van der Waals surface area contributed by atoms with E-state index in [-0.39, 0.29) is 0 Å². The Hall–Kier alpha value is -0.733. The predicted molar refractivity (Wildman–Crippen MR) is 31.7 cm³/mol. The summed E-state index contributed by atoms with van der Waals surface area (Å²) in [6.07, 6.45) is 3.23. The van der Waals surface area contributed by atoms with Gasteiger partial charge in [0.25, 0.3) is 0 Å². The number of nitrogens with zero attached hydrogens (tertiary/aromatic N) is 1. The van der Waals surface area contributed by atoms with Gasteiger partial charge in [0.05, 0.1) is 6.33 Å². The Bertz CT molecular complexity index is 119. The molecule has 0 aromatic rings. The lowest BCUT2D eigenvalue weighted by Gasteiger charge is -1.74. The fraction of sp³-hybridized carbons (Fsp3) is 0.250. The van der Waals surface area contributed by atoms with Crippen molar-refractivity contribution in [2.45, 2.75) is 6.04 Å². The maximum Gasteiger partial charge on any atom is 0.224 e. The minimum Gasteiger partial charge on any atom is -0.255 e. The summed E-state index contributed by atoms with van der Waals surface area (Å²) in [6.45, 7) is 0. The molecule has 0 saturated heterocycles. The van der Waals surface area contributed by atoms with Gasteiger partial charge >= 0.3 is 0 Å². The highest BCUT2D eigenvalue weighted by Gasteiger charge is 1.75. The molecule has 0 fully saturated rings. The summed E-state index contributed by atoms with van der Waals surface area (Å²) in [5, 5.41) is 0. The van der Waals surface area contributed by atoms with E-state index in [0.717, 1.165) is 0 Å². The Labute approximate surface area is 49.0 Å². The molecule has 0 aliphatic rings. The first-order valence-corrected chi connectivity index (χ1v) is 3.84. The van der Waals surface area contributed by atoms with Crippen molar-refractivity contribution >= 4 is 15.8 Å². The highest BCUT2D eigenvalue weighted by molar-refractivity contribution is 6.34. The first kappa shape index (κ1) is 7.27. The molecule has 0 bridgehead atoms. The van der Waals surface area contributed by atoms with Crippen LogP contribution in [0.15, 0.2) is 17.1 Å². The fourth-order valence-corrected chi connectivity index (χ4v) is 0.743. The second-order valence-corrected chi connectivity index (χ2v) is 2.46. The van der Waals surface area contributed by atoms with Gasteiger partial charge in [-0.25, -0.2) is 9.18 Å². The average Bonchev–Trinajstić information content (AvgIpc) is 1.81. The van der Waals surface area contributed by atoms with Crippen LogP contribution in [0.3, 0.4) is 0 Å². The van der Waals surface area contributed by atoms with Gasteiger partial charge in [-0.3, -0.25) is 4.66 Å². The molecule has 0 unspecified atom stereocenters. The van der Waals surface area contributed by atoms with Crippen LogP contribution in [0, 0.1) is 0 Å². The lowest BCUT2D eigenvalue weighted by molar-refractivity contribution is 0.566. The van der Waals surface area contributed by atoms with Crippen molar-refractivity contribution in [1.82, 2.24) is 0 Å². The third kappa shape index (κ3) is 5.27. The standard InChI is InChI=1S/C4H6FNOSi/c5-2-1-3-8-6-4-7/h1-2H,3,8H2. The van der Waals surface area contributed by atoms with Crippen LogP contribution >= 0.6 is 0 Å². The zero-order valence-electron chi connectivity index (χ0n) is 4.30. The van der Waals surface area contributed by atoms with Gasteiger partial charge in [-0.15, -0.1) is 0 Å². The van der Waals surface area contributed by atoms with Crippen LogP contribution in [0.1, 0.15) is 0 Å². The number of halogens is 1. The summed E-state index contributed by atoms with van der Waals surface area (Å²) in [6, 6.07) is 0.603. The van der Waals surface area contributed by atoms with E-state index in [1.807, 2.05) is 0 Å². The molecule has 0 aliphatic carbocycles. The van der Waals surface area contributed by atoms with Crippen molar-refractivity contribution in [2.24, 2.45) is 4.66 Å². The number of hydrogen-bond donors (Lipinski definition) is 0. The van der Waals surface area contributed by atoms with Crippen LogP contribution in [0.2, 0.25) is 6.04 Å². The number of hydrogen-bond acceptors (Lipinski definition) is 2. The first-order chi connectivity index (χ1) is 3.91. The molecule has 0 heterocycles. The zero-order valence-corrected chi connectivity index (χ0v) is 5.72. The minimum atomic E-state index is -0.725. The Morgan fingerprint density at radius 3 is 3.12 bits per heavy atom. The molecule has 2 nitrogen and oxygen atoms in total. The summed E-state index contributed by atoms with van der Waals surface area (Å²) in [5.74, 6) is 0. The third-order valence-electron chi connectivity index (χ3n) is 0.561. The quantitative estimate of drug-likeness (QED) is 0.234. The lowest BCUT2D eigenvalue weighted by atomic mass is 10.7. The van der Waals surface area contributed by atoms with Gasteiger partial charge in [0.1, 0.15) is 0 Å². The van der Waals surface area contributed by atoms with Gasteiger partial charge in [-0.1, -0.05) is 6.08 Å². The van der Waals surface area contributed by atoms with Crippen molar-refractivity contribution in [3.63, 3.8) is 0 Å². The van der Waals surface area contributed by atoms with Gasteiger partial charge in [0.15, 0.2) is 9.68 Å². The molecule has 0 aromatic heterocycles. The van der Waals surface area contributed by atoms with Gasteiger partial charge in [-0.05, 0) is 6.04 Å². The highest BCUT2D eigenvalue weighted by atomic mass is 28.2. The molecule has 4 heteroatoms. The number of isocyanates is 1. The molecule has 0 atom stereocenters. The van der Waals surface area contributed by atoms with E-state index < -0.39 is 9.68 Å². The topological polar surface area (TPSA) is 29.4 Å². The Kier molecular flexibility index (Phi) is 5.69. The van der Waals surface area contributed by atoms with E-state index in [2.05, 4.69) is 4.66 Å². The Morgan fingerprint density at radius 2 is 2.62 bits per heavy atom. The Balaban J connectivity index is 3.05. The van der Waals surface area contributed by atoms with Crippen molar-refractivity contribution in [3.8, 4) is 0 Å². The number of allylic oxidation sites excluding steroid dienone is 1. The van der Waals surface area contributed by atoms with Crippen LogP contribution in [-0.4, -0.2) is 15.8 Å². The molecular formula is C4H6FNOSi. The summed E-state index contributed by atoms with van der Waals surface area (Å²) in [7, 11) is -0.725. The van der Waals surface area contributed by atoms with E-state index in [4.69, 9.17) is 0 Å². The lowest BCUT2D eigenvalue weighted by Crippen LogP contribution is -1.77. The maximum atomic E-state index is 11.1. The summed E-state index contributed by atoms with van der Waals surface area (Å²) in [5.41, 5.74) is 0. The molecule has 0 radical (unpaired) electrons. The SMILES string of the molecule is O=C=N[SiH2]CC=CF. The molecule has 0 spiro atoms. The van der Waals surface area contributed by atoms with Crippen molar-refractivity contribution in [2.75, 3.05) is 0 Å². The fourth-order valence-electron chi connectivity index (χ4n) is 0.248. The van der Waals surface area contributed by atoms with E-state index in [0.29, 0.717) is 12.4 Å². The van der Waals surface area contributed by atoms with Crippen molar-refractivity contribution in [1.29, 1.82) is 0 Å². The maximum absolute atomic E-state index is 11.1. The molecule has 0 amide bonds. The second-order valence-electron chi connectivity index (χ2n) is 1.12. The normalized spacial score (nSPS) is 10.6. The predicted octanol–water partition coefficient (Wildman–Crippen LogP) is 0.307. The highest BCUT2D eigenvalue weighted by Crippen LogP contribution is 1.81. The van der Waals surface area contributed by atoms with Gasteiger partial charge in [0.2, 0.25) is 6.08 Å². The number of carbonyl (C=O) groups excluding carboxylic acids is 1. The molecule has 8 heavy (non-hydrogen) atoms. The molecule has 44 valence electrons. The van der Waals surface area contributed by atoms with E-state index in [9.17, 15) is 9.18 Å². The van der Waals surface area contributed by atoms with E-state index in [1.165, 1.54) is 12.2 Å². The van der Waals surface area contributed by atoms with Crippen molar-refractivity contribution in [3.05, 3.63) is 12.4 Å². The summed E-state index contributed by atoms with van der Waals surface area (Å²) in [4.78, 5) is 9.39. The van der Waals surface area contributed by atoms with Crippen LogP contribution in [0.5, 0.6) is 0 Å².